The molecule has 1 aromatic heterocycles. The molecule has 4 rings (SSSR count). The van der Waals surface area contributed by atoms with Gasteiger partial charge in [0, 0.05) is 17.5 Å². The van der Waals surface area contributed by atoms with Gasteiger partial charge in [-0.25, -0.2) is 9.07 Å². The van der Waals surface area contributed by atoms with Gasteiger partial charge in [-0.3, -0.25) is 4.79 Å². The molecule has 198 valence electrons. The van der Waals surface area contributed by atoms with Gasteiger partial charge in [0.25, 0.3) is 0 Å². The number of rotatable bonds is 9. The van der Waals surface area contributed by atoms with E-state index >= 15 is 0 Å². The van der Waals surface area contributed by atoms with Gasteiger partial charge in [0.1, 0.15) is 11.6 Å². The van der Waals surface area contributed by atoms with E-state index in [1.165, 1.54) is 47.1 Å². The first-order valence-corrected chi connectivity index (χ1v) is 12.1. The highest BCUT2D eigenvalue weighted by atomic mass is 19.4. The van der Waals surface area contributed by atoms with Crippen LogP contribution in [0.5, 0.6) is 5.75 Å². The maximum absolute atomic E-state index is 14.3. The molecule has 1 heterocycles. The van der Waals surface area contributed by atoms with Gasteiger partial charge < -0.3 is 9.84 Å². The summed E-state index contributed by atoms with van der Waals surface area (Å²) in [6, 6.07) is 17.8. The lowest BCUT2D eigenvalue weighted by Crippen LogP contribution is -2.09. The lowest BCUT2D eigenvalue weighted by Gasteiger charge is -2.14. The smallest absolute Gasteiger partial charge is 0.417 e. The molecule has 0 aliphatic carbocycles. The van der Waals surface area contributed by atoms with Gasteiger partial charge in [0.2, 0.25) is 0 Å². The van der Waals surface area contributed by atoms with Crippen molar-refractivity contribution in [3.8, 4) is 34.0 Å². The van der Waals surface area contributed by atoms with Crippen molar-refractivity contribution in [1.29, 1.82) is 0 Å². The molecule has 0 fully saturated rings. The number of hydrogen-bond acceptors (Lipinski definition) is 3. The van der Waals surface area contributed by atoms with E-state index in [1.807, 2.05) is 26.0 Å². The van der Waals surface area contributed by atoms with Crippen molar-refractivity contribution in [1.82, 2.24) is 9.78 Å². The minimum absolute atomic E-state index is 0.0616. The van der Waals surface area contributed by atoms with Crippen LogP contribution in [0.4, 0.5) is 17.6 Å². The van der Waals surface area contributed by atoms with E-state index in [0.29, 0.717) is 5.69 Å². The van der Waals surface area contributed by atoms with Gasteiger partial charge in [0.05, 0.1) is 29.2 Å². The molecule has 0 aliphatic rings. The molecule has 0 aliphatic heterocycles. The third-order valence-corrected chi connectivity index (χ3v) is 6.03. The average Bonchev–Trinajstić information content (AvgIpc) is 3.32. The summed E-state index contributed by atoms with van der Waals surface area (Å²) in [5.74, 6) is -1.04. The number of ether oxygens (including phenoxy) is 1. The van der Waals surface area contributed by atoms with Gasteiger partial charge in [-0.1, -0.05) is 44.2 Å². The SMILES string of the molecule is CC(C)c1ccc(-n2nc(-c3cc(F)ccc3OCCCC(=O)O)cc2-c2ccccc2C(F)(F)F)cc1. The van der Waals surface area contributed by atoms with Crippen molar-refractivity contribution in [2.45, 2.75) is 38.8 Å². The second-order valence-corrected chi connectivity index (χ2v) is 9.10. The molecule has 3 aromatic carbocycles. The van der Waals surface area contributed by atoms with Crippen LogP contribution in [-0.4, -0.2) is 27.5 Å². The van der Waals surface area contributed by atoms with Gasteiger partial charge in [-0.15, -0.1) is 0 Å². The third kappa shape index (κ3) is 6.04. The summed E-state index contributed by atoms with van der Waals surface area (Å²) < 4.78 is 63.3. The van der Waals surface area contributed by atoms with Crippen molar-refractivity contribution in [3.05, 3.63) is 89.7 Å². The first-order valence-electron chi connectivity index (χ1n) is 12.1. The molecule has 0 bridgehead atoms. The number of carboxylic acid groups (broad SMARTS) is 1. The third-order valence-electron chi connectivity index (χ3n) is 6.03. The number of halogens is 4. The van der Waals surface area contributed by atoms with Crippen molar-refractivity contribution in [2.24, 2.45) is 0 Å². The highest BCUT2D eigenvalue weighted by Crippen LogP contribution is 2.40. The molecule has 1 N–H and O–H groups in total. The van der Waals surface area contributed by atoms with Crippen molar-refractivity contribution in [3.63, 3.8) is 0 Å². The highest BCUT2D eigenvalue weighted by molar-refractivity contribution is 5.75. The molecule has 0 unspecified atom stereocenters. The predicted octanol–water partition coefficient (Wildman–Crippen LogP) is 7.73. The van der Waals surface area contributed by atoms with Crippen LogP contribution in [0.3, 0.4) is 0 Å². The standard InChI is InChI=1S/C29H26F4N2O3/c1-18(2)19-9-12-21(13-10-19)35-26(22-6-3-4-7-24(22)29(31,32)33)17-25(34-35)23-16-20(30)11-14-27(23)38-15-5-8-28(36)37/h3-4,6-7,9-14,16-18H,5,8,15H2,1-2H3,(H,36,37). The van der Waals surface area contributed by atoms with Crippen LogP contribution in [0.2, 0.25) is 0 Å². The Morgan fingerprint density at radius 1 is 1.00 bits per heavy atom. The lowest BCUT2D eigenvalue weighted by atomic mass is 10.0. The normalized spacial score (nSPS) is 11.7. The summed E-state index contributed by atoms with van der Waals surface area (Å²) in [6.45, 7) is 4.13. The average molecular weight is 527 g/mol. The highest BCUT2D eigenvalue weighted by Gasteiger charge is 2.34. The van der Waals surface area contributed by atoms with Crippen LogP contribution in [0.15, 0.2) is 72.8 Å². The van der Waals surface area contributed by atoms with Gasteiger partial charge in [-0.2, -0.15) is 18.3 Å². The number of benzene rings is 3. The quantitative estimate of drug-likeness (QED) is 0.179. The zero-order valence-electron chi connectivity index (χ0n) is 20.8. The number of aromatic nitrogens is 2. The summed E-state index contributed by atoms with van der Waals surface area (Å²) in [5, 5.41) is 13.5. The molecule has 9 heteroatoms. The fourth-order valence-electron chi connectivity index (χ4n) is 4.09. The predicted molar refractivity (Wildman–Crippen MR) is 136 cm³/mol. The first-order chi connectivity index (χ1) is 18.0. The van der Waals surface area contributed by atoms with Crippen LogP contribution < -0.4 is 4.74 Å². The maximum Gasteiger partial charge on any atom is 0.417 e. The Morgan fingerprint density at radius 2 is 1.71 bits per heavy atom. The van der Waals surface area contributed by atoms with Crippen LogP contribution in [0.25, 0.3) is 28.2 Å². The van der Waals surface area contributed by atoms with E-state index in [-0.39, 0.29) is 53.6 Å². The fraction of sp³-hybridized carbons (Fsp3) is 0.241. The van der Waals surface area contributed by atoms with Crippen LogP contribution in [0, 0.1) is 5.82 Å². The molecule has 0 saturated heterocycles. The molecule has 0 saturated carbocycles. The Labute approximate surface area is 217 Å². The minimum atomic E-state index is -4.61. The zero-order valence-corrected chi connectivity index (χ0v) is 20.8. The van der Waals surface area contributed by atoms with Gasteiger partial charge in [-0.05, 0) is 60.4 Å². The summed E-state index contributed by atoms with van der Waals surface area (Å²) in [6.07, 6.45) is -4.48. The summed E-state index contributed by atoms with van der Waals surface area (Å²) in [4.78, 5) is 10.8. The Bertz CT molecular complexity index is 1430. The summed E-state index contributed by atoms with van der Waals surface area (Å²) in [7, 11) is 0. The van der Waals surface area contributed by atoms with E-state index in [4.69, 9.17) is 9.84 Å². The lowest BCUT2D eigenvalue weighted by molar-refractivity contribution is -0.138. The van der Waals surface area contributed by atoms with Crippen LogP contribution >= 0.6 is 0 Å². The molecule has 0 amide bonds. The van der Waals surface area contributed by atoms with Crippen LogP contribution in [-0.2, 0) is 11.0 Å². The van der Waals surface area contributed by atoms with Gasteiger partial charge >= 0.3 is 12.1 Å². The van der Waals surface area contributed by atoms with E-state index in [2.05, 4.69) is 5.10 Å². The Balaban J connectivity index is 1.86. The number of carbonyl (C=O) groups is 1. The van der Waals surface area contributed by atoms with E-state index < -0.39 is 23.5 Å². The zero-order chi connectivity index (χ0) is 27.4. The fourth-order valence-corrected chi connectivity index (χ4v) is 4.09. The number of hydrogen-bond donors (Lipinski definition) is 1. The van der Waals surface area contributed by atoms with Gasteiger partial charge in [0.15, 0.2) is 0 Å². The van der Waals surface area contributed by atoms with Crippen molar-refractivity contribution in [2.75, 3.05) is 6.61 Å². The number of aliphatic carboxylic acids is 1. The molecule has 0 atom stereocenters. The van der Waals surface area contributed by atoms with Crippen LogP contribution in [0.1, 0.15) is 43.7 Å². The second kappa shape index (κ2) is 11.1. The summed E-state index contributed by atoms with van der Waals surface area (Å²) >= 11 is 0. The molecule has 5 nitrogen and oxygen atoms in total. The molecule has 4 aromatic rings. The molecule has 0 radical (unpaired) electrons. The number of carboxylic acids is 1. The molecule has 38 heavy (non-hydrogen) atoms. The van der Waals surface area contributed by atoms with E-state index in [9.17, 15) is 22.4 Å². The molecule has 0 spiro atoms. The second-order valence-electron chi connectivity index (χ2n) is 9.10. The largest absolute Gasteiger partial charge is 0.493 e. The first kappa shape index (κ1) is 26.9. The van der Waals surface area contributed by atoms with Crippen molar-refractivity contribution < 1.29 is 32.2 Å². The molecular weight excluding hydrogens is 500 g/mol. The monoisotopic (exact) mass is 526 g/mol. The van der Waals surface area contributed by atoms with E-state index in [0.717, 1.165) is 11.6 Å². The minimum Gasteiger partial charge on any atom is -0.493 e. The maximum atomic E-state index is 14.3. The number of alkyl halides is 3. The Morgan fingerprint density at radius 3 is 2.37 bits per heavy atom. The van der Waals surface area contributed by atoms with E-state index in [1.54, 1.807) is 12.1 Å². The Kier molecular flexibility index (Phi) is 7.85. The Hall–Kier alpha value is -4.14. The topological polar surface area (TPSA) is 64.4 Å². The number of nitrogens with zero attached hydrogens (tertiary/aromatic N) is 2. The molecular formula is C29H26F4N2O3. The summed E-state index contributed by atoms with van der Waals surface area (Å²) in [5.41, 5.74) is 1.31. The van der Waals surface area contributed by atoms with Crippen molar-refractivity contribution >= 4 is 5.97 Å².